The van der Waals surface area contributed by atoms with Crippen LogP contribution >= 0.6 is 11.3 Å². The Kier molecular flexibility index (Phi) is 6.12. The van der Waals surface area contributed by atoms with E-state index < -0.39 is 0 Å². The predicted octanol–water partition coefficient (Wildman–Crippen LogP) is 13.0. The maximum Gasteiger partial charge on any atom is 0.0702 e. The molecule has 11 rings (SSSR count). The van der Waals surface area contributed by atoms with E-state index in [4.69, 9.17) is 0 Å². The Balaban J connectivity index is 1.19. The molecule has 3 nitrogen and oxygen atoms in total. The molecule has 4 heteroatoms. The average Bonchev–Trinajstić information content (AvgIpc) is 3.86. The molecule has 0 amide bonds. The van der Waals surface area contributed by atoms with Gasteiger partial charge < -0.3 is 9.13 Å². The Morgan fingerprint density at radius 3 is 1.51 bits per heavy atom. The summed E-state index contributed by atoms with van der Waals surface area (Å²) in [6.07, 6.45) is 1.86. The van der Waals surface area contributed by atoms with Crippen molar-refractivity contribution >= 4 is 75.1 Å². The van der Waals surface area contributed by atoms with E-state index in [1.165, 1.54) is 80.6 Å². The maximum absolute atomic E-state index is 4.64. The van der Waals surface area contributed by atoms with Gasteiger partial charge in [-0.05, 0) is 71.8 Å². The lowest BCUT2D eigenvalue weighted by Crippen LogP contribution is -1.94. The predicted molar refractivity (Wildman–Crippen MR) is 217 cm³/mol. The number of hydrogen-bond acceptors (Lipinski definition) is 2. The van der Waals surface area contributed by atoms with Gasteiger partial charge in [-0.2, -0.15) is 0 Å². The second-order valence-electron chi connectivity index (χ2n) is 13.2. The van der Waals surface area contributed by atoms with Crippen LogP contribution in [-0.2, 0) is 0 Å². The van der Waals surface area contributed by atoms with Crippen molar-refractivity contribution in [3.63, 3.8) is 0 Å². The fourth-order valence-electron chi connectivity index (χ4n) is 8.15. The van der Waals surface area contributed by atoms with Gasteiger partial charge in [0.15, 0.2) is 0 Å². The van der Waals surface area contributed by atoms with E-state index in [1.807, 2.05) is 29.7 Å². The Labute approximate surface area is 297 Å². The first-order valence-electron chi connectivity index (χ1n) is 17.3. The van der Waals surface area contributed by atoms with Gasteiger partial charge in [0.1, 0.15) is 0 Å². The number of para-hydroxylation sites is 2. The van der Waals surface area contributed by atoms with Crippen molar-refractivity contribution in [1.82, 2.24) is 14.1 Å². The third kappa shape index (κ3) is 4.21. The molecule has 0 saturated heterocycles. The highest BCUT2D eigenvalue weighted by Crippen LogP contribution is 2.47. The van der Waals surface area contributed by atoms with Crippen LogP contribution in [0.2, 0.25) is 0 Å². The summed E-state index contributed by atoms with van der Waals surface area (Å²) in [4.78, 5) is 4.64. The van der Waals surface area contributed by atoms with Gasteiger partial charge >= 0.3 is 0 Å². The SMILES string of the molecule is c1ccc(-c2cccc(-n3c4ccccc4c4c5sc6c(ccc7c6c6ccccc6n7-c6cccc(-c7ccccn7)c6)c5ccc43)c2)cc1. The van der Waals surface area contributed by atoms with E-state index in [0.717, 1.165) is 16.9 Å². The van der Waals surface area contributed by atoms with Gasteiger partial charge in [0.05, 0.1) is 27.8 Å². The van der Waals surface area contributed by atoms with Gasteiger partial charge in [-0.3, -0.25) is 4.98 Å². The van der Waals surface area contributed by atoms with Crippen LogP contribution in [-0.4, -0.2) is 14.1 Å². The first kappa shape index (κ1) is 28.4. The summed E-state index contributed by atoms with van der Waals surface area (Å²) in [5.41, 5.74) is 11.7. The van der Waals surface area contributed by atoms with Crippen molar-refractivity contribution < 1.29 is 0 Å². The molecule has 0 spiro atoms. The summed E-state index contributed by atoms with van der Waals surface area (Å²) in [7, 11) is 0. The fraction of sp³-hybridized carbons (Fsp3) is 0. The average molecular weight is 668 g/mol. The minimum atomic E-state index is 0.974. The number of nitrogens with zero attached hydrogens (tertiary/aromatic N) is 3. The Morgan fingerprint density at radius 1 is 0.373 bits per heavy atom. The Morgan fingerprint density at radius 2 is 0.902 bits per heavy atom. The highest BCUT2D eigenvalue weighted by Gasteiger charge is 2.21. The van der Waals surface area contributed by atoms with E-state index in [2.05, 4.69) is 172 Å². The molecule has 0 N–H and O–H groups in total. The third-order valence-corrected chi connectivity index (χ3v) is 11.6. The molecule has 7 aromatic carbocycles. The first-order chi connectivity index (χ1) is 25.3. The smallest absolute Gasteiger partial charge is 0.0702 e. The molecule has 11 aromatic rings. The summed E-state index contributed by atoms with van der Waals surface area (Å²) in [5.74, 6) is 0. The number of pyridine rings is 1. The summed E-state index contributed by atoms with van der Waals surface area (Å²) in [5, 5.41) is 7.77. The molecule has 238 valence electrons. The quantitative estimate of drug-likeness (QED) is 0.183. The van der Waals surface area contributed by atoms with Crippen LogP contribution in [0.5, 0.6) is 0 Å². The number of thiophene rings is 1. The van der Waals surface area contributed by atoms with Gasteiger partial charge in [0.2, 0.25) is 0 Å². The molecule has 0 radical (unpaired) electrons. The van der Waals surface area contributed by atoms with E-state index in [-0.39, 0.29) is 0 Å². The Bertz CT molecular complexity index is 2920. The van der Waals surface area contributed by atoms with Crippen LogP contribution < -0.4 is 0 Å². The van der Waals surface area contributed by atoms with E-state index in [0.29, 0.717) is 0 Å². The summed E-state index contributed by atoms with van der Waals surface area (Å²) in [6.45, 7) is 0. The van der Waals surface area contributed by atoms with E-state index >= 15 is 0 Å². The molecule has 0 aliphatic heterocycles. The second kappa shape index (κ2) is 11.0. The molecule has 0 unspecified atom stereocenters. The topological polar surface area (TPSA) is 22.8 Å². The van der Waals surface area contributed by atoms with Gasteiger partial charge in [-0.25, -0.2) is 0 Å². The largest absolute Gasteiger partial charge is 0.309 e. The zero-order valence-corrected chi connectivity index (χ0v) is 28.3. The molecule has 0 saturated carbocycles. The third-order valence-electron chi connectivity index (χ3n) is 10.4. The van der Waals surface area contributed by atoms with Gasteiger partial charge in [-0.1, -0.05) is 109 Å². The normalized spacial score (nSPS) is 11.9. The summed E-state index contributed by atoms with van der Waals surface area (Å²) in [6, 6.07) is 61.4. The lowest BCUT2D eigenvalue weighted by atomic mass is 10.1. The zero-order valence-electron chi connectivity index (χ0n) is 27.5. The molecule has 0 aliphatic rings. The lowest BCUT2D eigenvalue weighted by molar-refractivity contribution is 1.18. The molecule has 0 bridgehead atoms. The van der Waals surface area contributed by atoms with Crippen molar-refractivity contribution in [2.75, 3.05) is 0 Å². The van der Waals surface area contributed by atoms with Crippen molar-refractivity contribution in [1.29, 1.82) is 0 Å². The summed E-state index contributed by atoms with van der Waals surface area (Å²) < 4.78 is 7.52. The monoisotopic (exact) mass is 667 g/mol. The molecule has 0 fully saturated rings. The minimum Gasteiger partial charge on any atom is -0.309 e. The number of hydrogen-bond donors (Lipinski definition) is 0. The standard InChI is InChI=1S/C47H29N3S/c1-2-12-30(13-3-1)31-14-10-16-33(28-31)49-40-21-6-4-18-37(40)44-42(49)25-23-35-36-24-26-43-45(47(36)51-46(35)44)38-19-5-7-22-41(38)50(43)34-17-11-15-32(29-34)39-20-8-9-27-48-39/h1-29H. The van der Waals surface area contributed by atoms with Gasteiger partial charge in [-0.15, -0.1) is 11.3 Å². The van der Waals surface area contributed by atoms with Crippen LogP contribution in [0.25, 0.3) is 97.5 Å². The van der Waals surface area contributed by atoms with Gasteiger partial charge in [0.25, 0.3) is 0 Å². The maximum atomic E-state index is 4.64. The van der Waals surface area contributed by atoms with Crippen LogP contribution in [0.1, 0.15) is 0 Å². The molecule has 4 heterocycles. The second-order valence-corrected chi connectivity index (χ2v) is 14.2. The molecular formula is C47H29N3S. The van der Waals surface area contributed by atoms with Crippen molar-refractivity contribution in [2.24, 2.45) is 0 Å². The van der Waals surface area contributed by atoms with Crippen molar-refractivity contribution in [3.05, 3.63) is 176 Å². The number of benzene rings is 7. The number of aromatic nitrogens is 3. The number of fused-ring (bicyclic) bond motifs is 11. The fourth-order valence-corrected chi connectivity index (χ4v) is 9.56. The zero-order chi connectivity index (χ0) is 33.5. The molecule has 51 heavy (non-hydrogen) atoms. The molecule has 0 aliphatic carbocycles. The lowest BCUT2D eigenvalue weighted by Gasteiger charge is -2.10. The van der Waals surface area contributed by atoms with Crippen molar-refractivity contribution in [2.45, 2.75) is 0 Å². The van der Waals surface area contributed by atoms with Crippen molar-refractivity contribution in [3.8, 4) is 33.8 Å². The summed E-state index contributed by atoms with van der Waals surface area (Å²) >= 11 is 1.93. The molecule has 4 aromatic heterocycles. The van der Waals surface area contributed by atoms with E-state index in [1.54, 1.807) is 0 Å². The Hall–Kier alpha value is -6.49. The first-order valence-corrected chi connectivity index (χ1v) is 18.1. The van der Waals surface area contributed by atoms with E-state index in [9.17, 15) is 0 Å². The number of rotatable bonds is 4. The minimum absolute atomic E-state index is 0.974. The van der Waals surface area contributed by atoms with Crippen LogP contribution in [0, 0.1) is 0 Å². The highest BCUT2D eigenvalue weighted by molar-refractivity contribution is 7.27. The highest BCUT2D eigenvalue weighted by atomic mass is 32.1. The van der Waals surface area contributed by atoms with Crippen LogP contribution in [0.3, 0.4) is 0 Å². The molecular weight excluding hydrogens is 639 g/mol. The van der Waals surface area contributed by atoms with Crippen LogP contribution in [0.15, 0.2) is 176 Å². The van der Waals surface area contributed by atoms with Crippen LogP contribution in [0.4, 0.5) is 0 Å². The molecule has 0 atom stereocenters. The van der Waals surface area contributed by atoms with Gasteiger partial charge in [0, 0.05) is 64.9 Å².